The van der Waals surface area contributed by atoms with E-state index in [0.717, 1.165) is 12.0 Å². The first kappa shape index (κ1) is 16.6. The molecular weight excluding hydrogens is 275 g/mol. The molecule has 2 rings (SSSR count). The Morgan fingerprint density at radius 1 is 0.818 bits per heavy atom. The standard InChI is InChI=1S/C19H25FN2/c1-2-3-4-5-6-7-8-9-16-14-21-19(22-15-16)17-10-12-18(20)13-11-17/h10-15H,2-9H2,1H3. The van der Waals surface area contributed by atoms with E-state index in [1.807, 2.05) is 12.4 Å². The molecule has 1 aromatic carbocycles. The second-order valence-electron chi connectivity index (χ2n) is 5.79. The highest BCUT2D eigenvalue weighted by Gasteiger charge is 2.02. The Hall–Kier alpha value is -1.77. The fourth-order valence-corrected chi connectivity index (χ4v) is 2.52. The van der Waals surface area contributed by atoms with E-state index in [0.29, 0.717) is 5.82 Å². The molecule has 2 aromatic rings. The van der Waals surface area contributed by atoms with E-state index >= 15 is 0 Å². The third kappa shape index (κ3) is 5.55. The SMILES string of the molecule is CCCCCCCCCc1cnc(-c2ccc(F)cc2)nc1. The summed E-state index contributed by atoms with van der Waals surface area (Å²) in [6, 6.07) is 6.29. The van der Waals surface area contributed by atoms with Gasteiger partial charge in [-0.2, -0.15) is 0 Å². The third-order valence-corrected chi connectivity index (χ3v) is 3.88. The summed E-state index contributed by atoms with van der Waals surface area (Å²) >= 11 is 0. The van der Waals surface area contributed by atoms with Gasteiger partial charge in [-0.05, 0) is 42.7 Å². The van der Waals surface area contributed by atoms with Crippen LogP contribution in [-0.4, -0.2) is 9.97 Å². The molecule has 0 saturated carbocycles. The van der Waals surface area contributed by atoms with Crippen molar-refractivity contribution in [3.63, 3.8) is 0 Å². The van der Waals surface area contributed by atoms with Crippen LogP contribution in [0.4, 0.5) is 4.39 Å². The number of unbranched alkanes of at least 4 members (excludes halogenated alkanes) is 6. The maximum absolute atomic E-state index is 12.9. The van der Waals surface area contributed by atoms with Crippen LogP contribution in [0.2, 0.25) is 0 Å². The van der Waals surface area contributed by atoms with Crippen molar-refractivity contribution in [3.05, 3.63) is 48.0 Å². The Kier molecular flexibility index (Phi) is 7.01. The van der Waals surface area contributed by atoms with Gasteiger partial charge in [-0.3, -0.25) is 0 Å². The number of halogens is 1. The Balaban J connectivity index is 1.74. The van der Waals surface area contributed by atoms with E-state index in [2.05, 4.69) is 16.9 Å². The van der Waals surface area contributed by atoms with Crippen molar-refractivity contribution in [2.45, 2.75) is 58.3 Å². The molecule has 0 unspecified atom stereocenters. The normalized spacial score (nSPS) is 10.8. The van der Waals surface area contributed by atoms with Gasteiger partial charge in [0.05, 0.1) is 0 Å². The summed E-state index contributed by atoms with van der Waals surface area (Å²) in [6.45, 7) is 2.25. The van der Waals surface area contributed by atoms with Crippen LogP contribution in [0.15, 0.2) is 36.7 Å². The molecule has 0 atom stereocenters. The Morgan fingerprint density at radius 3 is 2.05 bits per heavy atom. The Morgan fingerprint density at radius 2 is 1.41 bits per heavy atom. The molecule has 0 aliphatic heterocycles. The number of benzene rings is 1. The molecule has 1 heterocycles. The van der Waals surface area contributed by atoms with Crippen molar-refractivity contribution >= 4 is 0 Å². The average Bonchev–Trinajstić information content (AvgIpc) is 2.55. The molecule has 1 aromatic heterocycles. The third-order valence-electron chi connectivity index (χ3n) is 3.88. The highest BCUT2D eigenvalue weighted by atomic mass is 19.1. The van der Waals surface area contributed by atoms with E-state index in [4.69, 9.17) is 0 Å². The summed E-state index contributed by atoms with van der Waals surface area (Å²) in [7, 11) is 0. The summed E-state index contributed by atoms with van der Waals surface area (Å²) < 4.78 is 12.9. The van der Waals surface area contributed by atoms with Crippen LogP contribution in [0.3, 0.4) is 0 Å². The molecule has 22 heavy (non-hydrogen) atoms. The number of rotatable bonds is 9. The van der Waals surface area contributed by atoms with Crippen LogP contribution in [0, 0.1) is 5.82 Å². The van der Waals surface area contributed by atoms with E-state index in [1.165, 1.54) is 62.6 Å². The van der Waals surface area contributed by atoms with Crippen molar-refractivity contribution < 1.29 is 4.39 Å². The molecule has 0 N–H and O–H groups in total. The number of aryl methyl sites for hydroxylation is 1. The van der Waals surface area contributed by atoms with Crippen molar-refractivity contribution in [2.24, 2.45) is 0 Å². The van der Waals surface area contributed by atoms with E-state index < -0.39 is 0 Å². The van der Waals surface area contributed by atoms with Crippen LogP contribution in [0.1, 0.15) is 57.4 Å². The minimum atomic E-state index is -0.237. The first-order valence-corrected chi connectivity index (χ1v) is 8.36. The number of aromatic nitrogens is 2. The predicted molar refractivity (Wildman–Crippen MR) is 89.1 cm³/mol. The van der Waals surface area contributed by atoms with Gasteiger partial charge < -0.3 is 0 Å². The zero-order valence-corrected chi connectivity index (χ0v) is 13.4. The lowest BCUT2D eigenvalue weighted by molar-refractivity contribution is 0.589. The lowest BCUT2D eigenvalue weighted by atomic mass is 10.1. The van der Waals surface area contributed by atoms with Gasteiger partial charge in [-0.25, -0.2) is 14.4 Å². The number of nitrogens with zero attached hydrogens (tertiary/aromatic N) is 2. The van der Waals surface area contributed by atoms with Gasteiger partial charge in [-0.1, -0.05) is 45.4 Å². The quantitative estimate of drug-likeness (QED) is 0.565. The topological polar surface area (TPSA) is 25.8 Å². The van der Waals surface area contributed by atoms with Gasteiger partial charge >= 0.3 is 0 Å². The van der Waals surface area contributed by atoms with Crippen LogP contribution in [0.5, 0.6) is 0 Å². The van der Waals surface area contributed by atoms with Crippen molar-refractivity contribution in [3.8, 4) is 11.4 Å². The molecule has 0 radical (unpaired) electrons. The van der Waals surface area contributed by atoms with Crippen molar-refractivity contribution in [1.29, 1.82) is 0 Å². The molecule has 2 nitrogen and oxygen atoms in total. The second-order valence-corrected chi connectivity index (χ2v) is 5.79. The van der Waals surface area contributed by atoms with Crippen LogP contribution in [0.25, 0.3) is 11.4 Å². The zero-order valence-electron chi connectivity index (χ0n) is 13.4. The van der Waals surface area contributed by atoms with Gasteiger partial charge in [-0.15, -0.1) is 0 Å². The van der Waals surface area contributed by atoms with E-state index in [1.54, 1.807) is 12.1 Å². The highest BCUT2D eigenvalue weighted by Crippen LogP contribution is 2.15. The maximum Gasteiger partial charge on any atom is 0.159 e. The minimum absolute atomic E-state index is 0.237. The predicted octanol–water partition coefficient (Wildman–Crippen LogP) is 5.58. The summed E-state index contributed by atoms with van der Waals surface area (Å²) in [6.07, 6.45) is 14.0. The van der Waals surface area contributed by atoms with Crippen LogP contribution in [-0.2, 0) is 6.42 Å². The summed E-state index contributed by atoms with van der Waals surface area (Å²) in [5, 5.41) is 0. The zero-order chi connectivity index (χ0) is 15.6. The van der Waals surface area contributed by atoms with E-state index in [9.17, 15) is 4.39 Å². The average molecular weight is 300 g/mol. The lowest BCUT2D eigenvalue weighted by Crippen LogP contribution is -1.93. The number of hydrogen-bond donors (Lipinski definition) is 0. The van der Waals surface area contributed by atoms with Crippen molar-refractivity contribution in [1.82, 2.24) is 9.97 Å². The molecule has 3 heteroatoms. The van der Waals surface area contributed by atoms with Gasteiger partial charge in [0, 0.05) is 18.0 Å². The lowest BCUT2D eigenvalue weighted by Gasteiger charge is -2.04. The molecule has 0 fully saturated rings. The smallest absolute Gasteiger partial charge is 0.159 e. The maximum atomic E-state index is 12.9. The molecule has 0 aliphatic rings. The van der Waals surface area contributed by atoms with Gasteiger partial charge in [0.25, 0.3) is 0 Å². The molecule has 0 aliphatic carbocycles. The van der Waals surface area contributed by atoms with E-state index in [-0.39, 0.29) is 5.82 Å². The fraction of sp³-hybridized carbons (Fsp3) is 0.474. The summed E-state index contributed by atoms with van der Waals surface area (Å²) in [5.41, 5.74) is 2.03. The summed E-state index contributed by atoms with van der Waals surface area (Å²) in [5.74, 6) is 0.419. The molecule has 118 valence electrons. The first-order chi connectivity index (χ1) is 10.8. The highest BCUT2D eigenvalue weighted by molar-refractivity contribution is 5.54. The number of hydrogen-bond acceptors (Lipinski definition) is 2. The molecule has 0 saturated heterocycles. The Bertz CT molecular complexity index is 534. The molecular formula is C19H25FN2. The molecule has 0 bridgehead atoms. The largest absolute Gasteiger partial charge is 0.236 e. The fourth-order valence-electron chi connectivity index (χ4n) is 2.52. The van der Waals surface area contributed by atoms with Crippen LogP contribution < -0.4 is 0 Å². The van der Waals surface area contributed by atoms with Crippen LogP contribution >= 0.6 is 0 Å². The van der Waals surface area contributed by atoms with Gasteiger partial charge in [0.15, 0.2) is 5.82 Å². The molecule has 0 spiro atoms. The second kappa shape index (κ2) is 9.29. The van der Waals surface area contributed by atoms with Crippen molar-refractivity contribution in [2.75, 3.05) is 0 Å². The Labute approximate surface area is 132 Å². The minimum Gasteiger partial charge on any atom is -0.236 e. The monoisotopic (exact) mass is 300 g/mol. The first-order valence-electron chi connectivity index (χ1n) is 8.36. The molecule has 0 amide bonds. The summed E-state index contributed by atoms with van der Waals surface area (Å²) in [4.78, 5) is 8.77. The van der Waals surface area contributed by atoms with Gasteiger partial charge in [0.1, 0.15) is 5.82 Å². The van der Waals surface area contributed by atoms with Gasteiger partial charge in [0.2, 0.25) is 0 Å².